The van der Waals surface area contributed by atoms with Gasteiger partial charge in [-0.05, 0) is 6.07 Å². The first-order valence-corrected chi connectivity index (χ1v) is 6.30. The van der Waals surface area contributed by atoms with Crippen molar-refractivity contribution in [2.75, 3.05) is 28.4 Å². The number of esters is 2. The Morgan fingerprint density at radius 3 is 2.17 bits per heavy atom. The van der Waals surface area contributed by atoms with Crippen LogP contribution in [-0.4, -0.2) is 55.5 Å². The average molecular weight is 322 g/mol. The molecular formula is C14H14N2O7. The van der Waals surface area contributed by atoms with Gasteiger partial charge in [0.25, 0.3) is 0 Å². The number of phenolic OH excluding ortho intramolecular Hbond substituents is 1. The number of nitrogens with zero attached hydrogens (tertiary/aromatic N) is 2. The van der Waals surface area contributed by atoms with E-state index in [2.05, 4.69) is 19.4 Å². The third-order valence-corrected chi connectivity index (χ3v) is 3.08. The highest BCUT2D eigenvalue weighted by atomic mass is 16.5. The summed E-state index contributed by atoms with van der Waals surface area (Å²) >= 11 is 0. The number of carbonyl (C=O) groups excluding carboxylic acids is 2. The smallest absolute Gasteiger partial charge is 0.342 e. The summed E-state index contributed by atoms with van der Waals surface area (Å²) in [6.45, 7) is 0. The molecule has 9 heteroatoms. The second-order valence-corrected chi connectivity index (χ2v) is 4.24. The molecule has 0 unspecified atom stereocenters. The minimum atomic E-state index is -0.914. The normalized spacial score (nSPS) is 10.3. The highest BCUT2D eigenvalue weighted by molar-refractivity contribution is 6.11. The molecule has 0 spiro atoms. The molecule has 0 amide bonds. The monoisotopic (exact) mass is 322 g/mol. The van der Waals surface area contributed by atoms with Crippen molar-refractivity contribution < 1.29 is 33.6 Å². The van der Waals surface area contributed by atoms with E-state index in [0.29, 0.717) is 0 Å². The van der Waals surface area contributed by atoms with Crippen LogP contribution in [0.25, 0.3) is 10.9 Å². The molecule has 0 aliphatic heterocycles. The van der Waals surface area contributed by atoms with E-state index >= 15 is 0 Å². The Kier molecular flexibility index (Phi) is 4.49. The Labute approximate surface area is 130 Å². The van der Waals surface area contributed by atoms with E-state index in [9.17, 15) is 14.7 Å². The second kappa shape index (κ2) is 6.34. The van der Waals surface area contributed by atoms with E-state index in [-0.39, 0.29) is 33.9 Å². The van der Waals surface area contributed by atoms with Crippen LogP contribution in [0.3, 0.4) is 0 Å². The molecule has 0 atom stereocenters. The summed E-state index contributed by atoms with van der Waals surface area (Å²) in [7, 11) is 4.94. The van der Waals surface area contributed by atoms with Crippen LogP contribution in [0.4, 0.5) is 0 Å². The molecule has 2 aromatic rings. The molecule has 0 radical (unpaired) electrons. The van der Waals surface area contributed by atoms with Crippen LogP contribution < -0.4 is 9.47 Å². The molecule has 0 aliphatic carbocycles. The average Bonchev–Trinajstić information content (AvgIpc) is 2.58. The number of phenols is 1. The zero-order chi connectivity index (χ0) is 17.1. The van der Waals surface area contributed by atoms with Crippen molar-refractivity contribution in [2.45, 2.75) is 0 Å². The lowest BCUT2D eigenvalue weighted by Crippen LogP contribution is -2.13. The number of hydrogen-bond acceptors (Lipinski definition) is 9. The van der Waals surface area contributed by atoms with Crippen LogP contribution in [0.2, 0.25) is 0 Å². The summed E-state index contributed by atoms with van der Waals surface area (Å²) in [5.41, 5.74) is -0.426. The van der Waals surface area contributed by atoms with Crippen molar-refractivity contribution in [3.8, 4) is 17.6 Å². The molecule has 0 fully saturated rings. The predicted octanol–water partition coefficient (Wildman–Crippen LogP) is 0.926. The fraction of sp³-hybridized carbons (Fsp3) is 0.286. The maximum absolute atomic E-state index is 11.9. The number of fused-ring (bicyclic) bond motifs is 1. The van der Waals surface area contributed by atoms with E-state index in [0.717, 1.165) is 14.2 Å². The zero-order valence-corrected chi connectivity index (χ0v) is 12.9. The van der Waals surface area contributed by atoms with Gasteiger partial charge in [-0.1, -0.05) is 0 Å². The summed E-state index contributed by atoms with van der Waals surface area (Å²) in [6, 6.07) is 1.23. The van der Waals surface area contributed by atoms with Gasteiger partial charge in [-0.25, -0.2) is 9.59 Å². The Morgan fingerprint density at radius 2 is 1.65 bits per heavy atom. The van der Waals surface area contributed by atoms with Crippen molar-refractivity contribution in [1.29, 1.82) is 0 Å². The van der Waals surface area contributed by atoms with Crippen molar-refractivity contribution in [3.05, 3.63) is 17.2 Å². The number of aromatic hydroxyl groups is 1. The van der Waals surface area contributed by atoms with Crippen LogP contribution in [0.1, 0.15) is 20.7 Å². The number of carbonyl (C=O) groups is 2. The first-order valence-electron chi connectivity index (χ1n) is 6.30. The zero-order valence-electron chi connectivity index (χ0n) is 12.9. The summed E-state index contributed by atoms with van der Waals surface area (Å²) in [6.07, 6.45) is 0. The molecule has 0 bridgehead atoms. The molecule has 1 heterocycles. The lowest BCUT2D eigenvalue weighted by Gasteiger charge is -2.13. The number of aromatic nitrogens is 2. The van der Waals surface area contributed by atoms with E-state index in [1.807, 2.05) is 0 Å². The van der Waals surface area contributed by atoms with E-state index < -0.39 is 17.7 Å². The van der Waals surface area contributed by atoms with Gasteiger partial charge in [0.05, 0.1) is 39.5 Å². The van der Waals surface area contributed by atoms with Crippen molar-refractivity contribution >= 4 is 22.8 Å². The minimum absolute atomic E-state index is 0.0223. The molecular weight excluding hydrogens is 308 g/mol. The summed E-state index contributed by atoms with van der Waals surface area (Å²) in [5.74, 6) is -2.32. The largest absolute Gasteiger partial charge is 0.506 e. The Balaban J connectivity index is 2.94. The molecule has 9 nitrogen and oxygen atoms in total. The molecule has 23 heavy (non-hydrogen) atoms. The van der Waals surface area contributed by atoms with Crippen molar-refractivity contribution in [3.63, 3.8) is 0 Å². The fourth-order valence-corrected chi connectivity index (χ4v) is 2.04. The van der Waals surface area contributed by atoms with E-state index in [1.165, 1.54) is 20.3 Å². The molecule has 1 aromatic heterocycles. The van der Waals surface area contributed by atoms with Crippen molar-refractivity contribution in [2.24, 2.45) is 0 Å². The van der Waals surface area contributed by atoms with Crippen molar-refractivity contribution in [1.82, 2.24) is 9.97 Å². The van der Waals surface area contributed by atoms with Gasteiger partial charge in [0.1, 0.15) is 16.7 Å². The standard InChI is InChI=1S/C14H14N2O7/c1-20-11-9-7(15-14(16-11)23-4)5-6(12(18)21-2)8(10(9)17)13(19)22-3/h5,17H,1-4H3. The first kappa shape index (κ1) is 16.3. The molecule has 122 valence electrons. The van der Waals surface area contributed by atoms with Gasteiger partial charge in [0, 0.05) is 0 Å². The van der Waals surface area contributed by atoms with Crippen LogP contribution in [0, 0.1) is 0 Å². The van der Waals surface area contributed by atoms with Crippen LogP contribution in [0.5, 0.6) is 17.6 Å². The topological polar surface area (TPSA) is 117 Å². The molecule has 0 saturated heterocycles. The van der Waals surface area contributed by atoms with E-state index in [1.54, 1.807) is 0 Å². The summed E-state index contributed by atoms with van der Waals surface area (Å²) in [5, 5.41) is 10.5. The third-order valence-electron chi connectivity index (χ3n) is 3.08. The molecule has 1 N–H and O–H groups in total. The molecule has 0 aliphatic rings. The lowest BCUT2D eigenvalue weighted by molar-refractivity contribution is 0.0552. The predicted molar refractivity (Wildman–Crippen MR) is 77.0 cm³/mol. The van der Waals surface area contributed by atoms with Gasteiger partial charge in [0.2, 0.25) is 5.88 Å². The number of ether oxygens (including phenoxy) is 4. The lowest BCUT2D eigenvalue weighted by atomic mass is 10.0. The Morgan fingerprint density at radius 1 is 1.00 bits per heavy atom. The molecule has 0 saturated carbocycles. The van der Waals surface area contributed by atoms with Gasteiger partial charge in [-0.2, -0.15) is 9.97 Å². The van der Waals surface area contributed by atoms with Gasteiger partial charge in [0.15, 0.2) is 0 Å². The minimum Gasteiger partial charge on any atom is -0.506 e. The quantitative estimate of drug-likeness (QED) is 0.820. The first-order chi connectivity index (χ1) is 11.0. The van der Waals surface area contributed by atoms with Gasteiger partial charge < -0.3 is 24.1 Å². The number of methoxy groups -OCH3 is 4. The number of rotatable bonds is 4. The maximum Gasteiger partial charge on any atom is 0.342 e. The van der Waals surface area contributed by atoms with Gasteiger partial charge in [-0.15, -0.1) is 0 Å². The van der Waals surface area contributed by atoms with Gasteiger partial charge >= 0.3 is 17.9 Å². The SMILES string of the molecule is COC(=O)c1cc2nc(OC)nc(OC)c2c(O)c1C(=O)OC. The Bertz CT molecular complexity index is 789. The summed E-state index contributed by atoms with van der Waals surface area (Å²) in [4.78, 5) is 31.8. The van der Waals surface area contributed by atoms with Gasteiger partial charge in [-0.3, -0.25) is 0 Å². The second-order valence-electron chi connectivity index (χ2n) is 4.24. The van der Waals surface area contributed by atoms with E-state index in [4.69, 9.17) is 9.47 Å². The fourth-order valence-electron chi connectivity index (χ4n) is 2.04. The molecule has 1 aromatic carbocycles. The highest BCUT2D eigenvalue weighted by Crippen LogP contribution is 2.37. The number of hydrogen-bond donors (Lipinski definition) is 1. The summed E-state index contributed by atoms with van der Waals surface area (Å²) < 4.78 is 19.3. The highest BCUT2D eigenvalue weighted by Gasteiger charge is 2.28. The third kappa shape index (κ3) is 2.68. The van der Waals surface area contributed by atoms with Crippen LogP contribution in [-0.2, 0) is 9.47 Å². The molecule has 2 rings (SSSR count). The number of benzene rings is 1. The maximum atomic E-state index is 11.9. The Hall–Kier alpha value is -3.10. The van der Waals surface area contributed by atoms with Crippen LogP contribution >= 0.6 is 0 Å². The van der Waals surface area contributed by atoms with Crippen LogP contribution in [0.15, 0.2) is 6.07 Å².